The summed E-state index contributed by atoms with van der Waals surface area (Å²) in [4.78, 5) is 10.9. The smallest absolute Gasteiger partial charge is 0.302 e. The topological polar surface area (TPSA) is 63.2 Å². The fourth-order valence-corrected chi connectivity index (χ4v) is 2.49. The third-order valence-corrected chi connectivity index (χ3v) is 4.01. The average Bonchev–Trinajstić information content (AvgIpc) is 2.70. The van der Waals surface area contributed by atoms with Crippen molar-refractivity contribution in [2.75, 3.05) is 13.7 Å². The van der Waals surface area contributed by atoms with E-state index >= 15 is 0 Å². The minimum atomic E-state index is -1.07. The van der Waals surface area contributed by atoms with Gasteiger partial charge in [0.2, 0.25) is 0 Å². The van der Waals surface area contributed by atoms with Crippen molar-refractivity contribution in [3.63, 3.8) is 0 Å². The van der Waals surface area contributed by atoms with Crippen LogP contribution >= 0.6 is 0 Å². The van der Waals surface area contributed by atoms with Gasteiger partial charge < -0.3 is 18.9 Å². The van der Waals surface area contributed by atoms with E-state index in [-0.39, 0.29) is 36.6 Å². The molecule has 0 amide bonds. The first-order valence-electron chi connectivity index (χ1n) is 6.56. The molecular weight excluding hydrogens is 252 g/mol. The molecule has 2 heterocycles. The Bertz CT molecular complexity index is 346. The number of fused-ring (bicyclic) bond motifs is 1. The highest BCUT2D eigenvalue weighted by Gasteiger charge is 2.53. The normalized spacial score (nSPS) is 45.8. The summed E-state index contributed by atoms with van der Waals surface area (Å²) in [6.45, 7) is 7.47. The lowest BCUT2D eigenvalue weighted by molar-refractivity contribution is -0.334. The van der Waals surface area contributed by atoms with Crippen LogP contribution in [-0.4, -0.2) is 44.2 Å². The summed E-state index contributed by atoms with van der Waals surface area (Å²) in [5, 5.41) is 0. The maximum atomic E-state index is 10.9. The molecule has 6 nitrogen and oxygen atoms in total. The van der Waals surface area contributed by atoms with Crippen molar-refractivity contribution in [2.24, 2.45) is 11.8 Å². The van der Waals surface area contributed by atoms with Gasteiger partial charge in [-0.25, -0.2) is 0 Å². The monoisotopic (exact) mass is 274 g/mol. The molecule has 0 saturated carbocycles. The van der Waals surface area contributed by atoms with Crippen molar-refractivity contribution in [1.29, 1.82) is 0 Å². The molecular formula is C13H22O6. The van der Waals surface area contributed by atoms with Crippen LogP contribution in [0.25, 0.3) is 0 Å². The number of esters is 1. The summed E-state index contributed by atoms with van der Waals surface area (Å²) in [5.41, 5.74) is 0. The lowest BCUT2D eigenvalue weighted by atomic mass is 9.84. The number of methoxy groups -OCH3 is 1. The lowest BCUT2D eigenvalue weighted by Crippen LogP contribution is -2.49. The summed E-state index contributed by atoms with van der Waals surface area (Å²) in [5.74, 6) is -0.963. The molecule has 2 fully saturated rings. The Hall–Kier alpha value is -0.690. The fraction of sp³-hybridized carbons (Fsp3) is 0.923. The van der Waals surface area contributed by atoms with Gasteiger partial charge in [-0.2, -0.15) is 0 Å². The second-order valence-corrected chi connectivity index (χ2v) is 5.33. The molecule has 0 N–H and O–H groups in total. The van der Waals surface area contributed by atoms with Crippen molar-refractivity contribution in [2.45, 2.75) is 52.2 Å². The van der Waals surface area contributed by atoms with Gasteiger partial charge in [-0.3, -0.25) is 9.53 Å². The molecule has 2 aliphatic rings. The molecule has 0 bridgehead atoms. The first-order chi connectivity index (χ1) is 8.86. The van der Waals surface area contributed by atoms with Crippen LogP contribution in [0.2, 0.25) is 0 Å². The average molecular weight is 274 g/mol. The SMILES string of the molecule is COC1(C)OC2[C@H](OC(COC(C)=O)[C@H](C)[C@@H]2C)O1. The number of hydrogen-bond donors (Lipinski definition) is 0. The Labute approximate surface area is 113 Å². The van der Waals surface area contributed by atoms with Gasteiger partial charge in [-0.05, 0) is 11.8 Å². The second kappa shape index (κ2) is 5.36. The van der Waals surface area contributed by atoms with E-state index in [0.29, 0.717) is 0 Å². The van der Waals surface area contributed by atoms with Crippen molar-refractivity contribution in [1.82, 2.24) is 0 Å². The van der Waals surface area contributed by atoms with Crippen LogP contribution in [0.5, 0.6) is 0 Å². The van der Waals surface area contributed by atoms with Gasteiger partial charge in [0, 0.05) is 21.0 Å². The lowest BCUT2D eigenvalue weighted by Gasteiger charge is -2.39. The number of ether oxygens (including phenoxy) is 5. The van der Waals surface area contributed by atoms with Gasteiger partial charge in [-0.15, -0.1) is 0 Å². The Balaban J connectivity index is 2.04. The number of carbonyl (C=O) groups is 1. The minimum absolute atomic E-state index is 0.173. The molecule has 0 aromatic rings. The van der Waals surface area contributed by atoms with Crippen LogP contribution < -0.4 is 0 Å². The van der Waals surface area contributed by atoms with E-state index in [9.17, 15) is 4.79 Å². The van der Waals surface area contributed by atoms with Gasteiger partial charge in [0.1, 0.15) is 12.7 Å². The first-order valence-corrected chi connectivity index (χ1v) is 6.56. The summed E-state index contributed by atoms with van der Waals surface area (Å²) in [6, 6.07) is 0. The van der Waals surface area contributed by atoms with E-state index in [1.807, 2.05) is 0 Å². The van der Waals surface area contributed by atoms with Crippen LogP contribution in [0, 0.1) is 11.8 Å². The van der Waals surface area contributed by atoms with E-state index < -0.39 is 12.3 Å². The molecule has 110 valence electrons. The third kappa shape index (κ3) is 2.91. The van der Waals surface area contributed by atoms with E-state index in [2.05, 4.69) is 13.8 Å². The zero-order chi connectivity index (χ0) is 14.2. The Kier molecular flexibility index (Phi) is 4.15. The molecule has 0 aliphatic carbocycles. The van der Waals surface area contributed by atoms with Crippen molar-refractivity contribution in [3.05, 3.63) is 0 Å². The molecule has 0 spiro atoms. The van der Waals surface area contributed by atoms with Crippen LogP contribution in [-0.2, 0) is 28.5 Å². The van der Waals surface area contributed by atoms with Crippen molar-refractivity contribution < 1.29 is 28.5 Å². The quantitative estimate of drug-likeness (QED) is 0.722. The van der Waals surface area contributed by atoms with Crippen LogP contribution in [0.3, 0.4) is 0 Å². The van der Waals surface area contributed by atoms with Gasteiger partial charge >= 0.3 is 5.97 Å². The molecule has 19 heavy (non-hydrogen) atoms. The van der Waals surface area contributed by atoms with E-state index in [1.54, 1.807) is 6.92 Å². The summed E-state index contributed by atoms with van der Waals surface area (Å²) >= 11 is 0. The number of hydrogen-bond acceptors (Lipinski definition) is 6. The predicted octanol–water partition coefficient (Wildman–Crippen LogP) is 1.28. The summed E-state index contributed by atoms with van der Waals surface area (Å²) in [6.07, 6.45) is -0.854. The number of rotatable bonds is 3. The maximum Gasteiger partial charge on any atom is 0.302 e. The summed E-state index contributed by atoms with van der Waals surface area (Å²) in [7, 11) is 1.53. The van der Waals surface area contributed by atoms with Crippen LogP contribution in [0.4, 0.5) is 0 Å². The van der Waals surface area contributed by atoms with E-state index in [0.717, 1.165) is 0 Å². The molecule has 0 aromatic heterocycles. The van der Waals surface area contributed by atoms with E-state index in [4.69, 9.17) is 23.7 Å². The zero-order valence-corrected chi connectivity index (χ0v) is 12.0. The number of carbonyl (C=O) groups excluding carboxylic acids is 1. The first kappa shape index (κ1) is 14.7. The predicted molar refractivity (Wildman–Crippen MR) is 65.0 cm³/mol. The zero-order valence-electron chi connectivity index (χ0n) is 12.0. The standard InChI is InChI=1S/C13H22O6/c1-7-8(2)11-12(19-13(4,15-5)18-11)17-10(7)6-16-9(3)14/h7-8,10-12H,6H2,1-5H3/t7-,8+,10?,11?,12-,13?/m1/s1. The minimum Gasteiger partial charge on any atom is -0.463 e. The fourth-order valence-electron chi connectivity index (χ4n) is 2.49. The Morgan fingerprint density at radius 2 is 1.95 bits per heavy atom. The van der Waals surface area contributed by atoms with Gasteiger partial charge in [-0.1, -0.05) is 13.8 Å². The largest absolute Gasteiger partial charge is 0.463 e. The molecule has 3 unspecified atom stereocenters. The van der Waals surface area contributed by atoms with E-state index in [1.165, 1.54) is 14.0 Å². The van der Waals surface area contributed by atoms with Gasteiger partial charge in [0.25, 0.3) is 5.97 Å². The van der Waals surface area contributed by atoms with Gasteiger partial charge in [0.05, 0.1) is 6.10 Å². The molecule has 2 saturated heterocycles. The highest BCUT2D eigenvalue weighted by Crippen LogP contribution is 2.41. The molecule has 0 aromatic carbocycles. The molecule has 6 heteroatoms. The molecule has 2 rings (SSSR count). The second-order valence-electron chi connectivity index (χ2n) is 5.33. The molecule has 0 radical (unpaired) electrons. The van der Waals surface area contributed by atoms with Crippen molar-refractivity contribution >= 4 is 5.97 Å². The highest BCUT2D eigenvalue weighted by molar-refractivity contribution is 5.65. The maximum absolute atomic E-state index is 10.9. The van der Waals surface area contributed by atoms with Gasteiger partial charge in [0.15, 0.2) is 6.29 Å². The highest BCUT2D eigenvalue weighted by atomic mass is 16.9. The van der Waals surface area contributed by atoms with Crippen LogP contribution in [0.15, 0.2) is 0 Å². The Morgan fingerprint density at radius 1 is 1.26 bits per heavy atom. The van der Waals surface area contributed by atoms with Crippen LogP contribution in [0.1, 0.15) is 27.7 Å². The molecule has 6 atom stereocenters. The van der Waals surface area contributed by atoms with Crippen molar-refractivity contribution in [3.8, 4) is 0 Å². The Morgan fingerprint density at radius 3 is 2.53 bits per heavy atom. The molecule has 2 aliphatic heterocycles. The summed E-state index contributed by atoms with van der Waals surface area (Å²) < 4.78 is 27.5. The third-order valence-electron chi connectivity index (χ3n) is 4.01.